The molecule has 1 aromatic rings. The van der Waals surface area contributed by atoms with Crippen molar-refractivity contribution in [2.45, 2.75) is 26.7 Å². The second-order valence-electron chi connectivity index (χ2n) is 5.13. The summed E-state index contributed by atoms with van der Waals surface area (Å²) < 4.78 is 13.0. The van der Waals surface area contributed by atoms with Crippen LogP contribution in [0.25, 0.3) is 0 Å². The lowest BCUT2D eigenvalue weighted by Gasteiger charge is -2.33. The number of hydrogen-bond acceptors (Lipinski definition) is 2. The zero-order valence-corrected chi connectivity index (χ0v) is 10.3. The zero-order valence-electron chi connectivity index (χ0n) is 10.3. The first-order chi connectivity index (χ1) is 8.03. The van der Waals surface area contributed by atoms with Gasteiger partial charge in [-0.25, -0.2) is 4.39 Å². The number of Topliss-reactive ketones (excluding diaryl/α,β-unsaturated/α-hetero) is 1. The van der Waals surface area contributed by atoms with Crippen LogP contribution in [-0.4, -0.2) is 18.9 Å². The van der Waals surface area contributed by atoms with E-state index in [1.165, 1.54) is 12.1 Å². The van der Waals surface area contributed by atoms with E-state index in [0.29, 0.717) is 12.1 Å². The molecule has 1 N–H and O–H groups in total. The van der Waals surface area contributed by atoms with Crippen LogP contribution in [0, 0.1) is 18.2 Å². The van der Waals surface area contributed by atoms with Crippen LogP contribution in [0.3, 0.4) is 0 Å². The Kier molecular flexibility index (Phi) is 3.29. The maximum Gasteiger partial charge on any atom is 0.170 e. The van der Waals surface area contributed by atoms with Gasteiger partial charge in [0.2, 0.25) is 0 Å². The number of carbonyl (C=O) groups is 1. The molecular formula is C14H18FNO. The normalized spacial score (nSPS) is 24.6. The summed E-state index contributed by atoms with van der Waals surface area (Å²) in [6.07, 6.45) is 1.91. The first-order valence-corrected chi connectivity index (χ1v) is 6.05. The van der Waals surface area contributed by atoms with Crippen LogP contribution in [0.15, 0.2) is 18.2 Å². The Bertz CT molecular complexity index is 436. The maximum atomic E-state index is 13.0. The maximum absolute atomic E-state index is 13.0. The quantitative estimate of drug-likeness (QED) is 0.798. The van der Waals surface area contributed by atoms with Crippen molar-refractivity contribution in [2.75, 3.05) is 13.1 Å². The molecule has 0 saturated carbocycles. The number of rotatable bonds is 2. The molecule has 3 heteroatoms. The lowest BCUT2D eigenvalue weighted by molar-refractivity contribution is 0.0772. The highest BCUT2D eigenvalue weighted by molar-refractivity contribution is 6.01. The zero-order chi connectivity index (χ0) is 12.5. The number of benzene rings is 1. The summed E-state index contributed by atoms with van der Waals surface area (Å²) >= 11 is 0. The standard InChI is InChI=1S/C14H18FNO/c1-10-8-11(15)4-5-12(10)13(17)14(2)6-3-7-16-9-14/h4-5,8,16H,3,6-7,9H2,1-2H3. The molecule has 2 nitrogen and oxygen atoms in total. The summed E-state index contributed by atoms with van der Waals surface area (Å²) in [4.78, 5) is 12.5. The van der Waals surface area contributed by atoms with Crippen molar-refractivity contribution in [1.82, 2.24) is 5.32 Å². The number of nitrogens with one attached hydrogen (secondary N) is 1. The minimum absolute atomic E-state index is 0.127. The molecule has 2 rings (SSSR count). The van der Waals surface area contributed by atoms with Gasteiger partial charge in [-0.15, -0.1) is 0 Å². The lowest BCUT2D eigenvalue weighted by atomic mass is 9.76. The van der Waals surface area contributed by atoms with E-state index in [1.54, 1.807) is 13.0 Å². The fraction of sp³-hybridized carbons (Fsp3) is 0.500. The van der Waals surface area contributed by atoms with E-state index in [0.717, 1.165) is 24.9 Å². The van der Waals surface area contributed by atoms with Gasteiger partial charge in [0.15, 0.2) is 5.78 Å². The monoisotopic (exact) mass is 235 g/mol. The average Bonchev–Trinajstić information content (AvgIpc) is 2.29. The third kappa shape index (κ3) is 2.39. The van der Waals surface area contributed by atoms with Gasteiger partial charge in [0.25, 0.3) is 0 Å². The Hall–Kier alpha value is -1.22. The second-order valence-corrected chi connectivity index (χ2v) is 5.13. The summed E-state index contributed by atoms with van der Waals surface area (Å²) in [5.74, 6) is -0.159. The van der Waals surface area contributed by atoms with E-state index in [-0.39, 0.29) is 17.0 Å². The minimum atomic E-state index is -0.346. The molecule has 1 aromatic carbocycles. The number of hydrogen-bond donors (Lipinski definition) is 1. The van der Waals surface area contributed by atoms with Crippen molar-refractivity contribution in [2.24, 2.45) is 5.41 Å². The Balaban J connectivity index is 2.30. The van der Waals surface area contributed by atoms with Gasteiger partial charge in [-0.2, -0.15) is 0 Å². The van der Waals surface area contributed by atoms with Crippen molar-refractivity contribution >= 4 is 5.78 Å². The molecule has 1 fully saturated rings. The highest BCUT2D eigenvalue weighted by atomic mass is 19.1. The van der Waals surface area contributed by atoms with E-state index >= 15 is 0 Å². The molecule has 1 aliphatic heterocycles. The molecule has 1 heterocycles. The predicted octanol–water partition coefficient (Wildman–Crippen LogP) is 2.71. The van der Waals surface area contributed by atoms with Crippen LogP contribution in [0.1, 0.15) is 35.7 Å². The first kappa shape index (κ1) is 12.2. The van der Waals surface area contributed by atoms with Crippen molar-refractivity contribution < 1.29 is 9.18 Å². The molecule has 1 atom stereocenters. The highest BCUT2D eigenvalue weighted by Crippen LogP contribution is 2.31. The van der Waals surface area contributed by atoms with Gasteiger partial charge < -0.3 is 5.32 Å². The largest absolute Gasteiger partial charge is 0.316 e. The van der Waals surface area contributed by atoms with Gasteiger partial charge in [-0.3, -0.25) is 4.79 Å². The Labute approximate surface area is 101 Å². The average molecular weight is 235 g/mol. The van der Waals surface area contributed by atoms with Crippen LogP contribution >= 0.6 is 0 Å². The summed E-state index contributed by atoms with van der Waals surface area (Å²) in [5.41, 5.74) is 1.03. The molecule has 0 radical (unpaired) electrons. The minimum Gasteiger partial charge on any atom is -0.316 e. The molecule has 1 unspecified atom stereocenters. The van der Waals surface area contributed by atoms with Crippen LogP contribution in [0.2, 0.25) is 0 Å². The summed E-state index contributed by atoms with van der Waals surface area (Å²) in [7, 11) is 0. The van der Waals surface area contributed by atoms with Gasteiger partial charge in [-0.1, -0.05) is 6.92 Å². The molecule has 17 heavy (non-hydrogen) atoms. The van der Waals surface area contributed by atoms with E-state index in [1.807, 2.05) is 6.92 Å². The third-order valence-electron chi connectivity index (χ3n) is 3.58. The molecule has 92 valence electrons. The summed E-state index contributed by atoms with van der Waals surface area (Å²) in [6.45, 7) is 5.47. The van der Waals surface area contributed by atoms with E-state index in [2.05, 4.69) is 5.32 Å². The van der Waals surface area contributed by atoms with Crippen molar-refractivity contribution in [3.8, 4) is 0 Å². The molecule has 1 aliphatic rings. The van der Waals surface area contributed by atoms with Gasteiger partial charge in [0, 0.05) is 17.5 Å². The molecule has 0 amide bonds. The smallest absolute Gasteiger partial charge is 0.170 e. The first-order valence-electron chi connectivity index (χ1n) is 6.05. The number of ketones is 1. The summed E-state index contributed by atoms with van der Waals surface area (Å²) in [5, 5.41) is 3.26. The highest BCUT2D eigenvalue weighted by Gasteiger charge is 2.35. The Morgan fingerprint density at radius 1 is 1.47 bits per heavy atom. The van der Waals surface area contributed by atoms with Crippen LogP contribution < -0.4 is 5.32 Å². The number of piperidine rings is 1. The predicted molar refractivity (Wildman–Crippen MR) is 65.7 cm³/mol. The molecule has 1 saturated heterocycles. The third-order valence-corrected chi connectivity index (χ3v) is 3.58. The number of halogens is 1. The second kappa shape index (κ2) is 4.57. The fourth-order valence-corrected chi connectivity index (χ4v) is 2.46. The SMILES string of the molecule is Cc1cc(F)ccc1C(=O)C1(C)CCCNC1. The lowest BCUT2D eigenvalue weighted by Crippen LogP contribution is -2.43. The topological polar surface area (TPSA) is 29.1 Å². The molecule has 0 aromatic heterocycles. The van der Waals surface area contributed by atoms with Crippen molar-refractivity contribution in [3.05, 3.63) is 35.1 Å². The number of aryl methyl sites for hydroxylation is 1. The van der Waals surface area contributed by atoms with Gasteiger partial charge >= 0.3 is 0 Å². The fourth-order valence-electron chi connectivity index (χ4n) is 2.46. The van der Waals surface area contributed by atoms with Crippen LogP contribution in [-0.2, 0) is 0 Å². The van der Waals surface area contributed by atoms with Gasteiger partial charge in [-0.05, 0) is 50.1 Å². The Morgan fingerprint density at radius 2 is 2.24 bits per heavy atom. The Morgan fingerprint density at radius 3 is 2.82 bits per heavy atom. The molecular weight excluding hydrogens is 217 g/mol. The summed E-state index contributed by atoms with van der Waals surface area (Å²) in [6, 6.07) is 4.39. The molecule has 0 bridgehead atoms. The molecule has 0 aliphatic carbocycles. The van der Waals surface area contributed by atoms with Crippen molar-refractivity contribution in [1.29, 1.82) is 0 Å². The number of carbonyl (C=O) groups excluding carboxylic acids is 1. The van der Waals surface area contributed by atoms with Crippen LogP contribution in [0.4, 0.5) is 4.39 Å². The molecule has 0 spiro atoms. The van der Waals surface area contributed by atoms with Gasteiger partial charge in [0.05, 0.1) is 0 Å². The van der Waals surface area contributed by atoms with E-state index in [4.69, 9.17) is 0 Å². The van der Waals surface area contributed by atoms with E-state index in [9.17, 15) is 9.18 Å². The van der Waals surface area contributed by atoms with Gasteiger partial charge in [0.1, 0.15) is 5.82 Å². The van der Waals surface area contributed by atoms with Crippen molar-refractivity contribution in [3.63, 3.8) is 0 Å². The van der Waals surface area contributed by atoms with Crippen LogP contribution in [0.5, 0.6) is 0 Å². The van der Waals surface area contributed by atoms with E-state index < -0.39 is 0 Å².